The summed E-state index contributed by atoms with van der Waals surface area (Å²) in [5.74, 6) is 0. The van der Waals surface area contributed by atoms with Crippen LogP contribution in [0.15, 0.2) is 12.7 Å². The van der Waals surface area contributed by atoms with Gasteiger partial charge in [-0.25, -0.2) is 15.8 Å². The monoisotopic (exact) mass is 167 g/mol. The molecule has 0 spiro atoms. The highest BCUT2D eigenvalue weighted by Crippen LogP contribution is 2.11. The molecule has 2 N–H and O–H groups in total. The van der Waals surface area contributed by atoms with Gasteiger partial charge in [0.05, 0.1) is 0 Å². The maximum atomic E-state index is 12.0. The van der Waals surface area contributed by atoms with Crippen molar-refractivity contribution in [2.45, 2.75) is 6.17 Å². The summed E-state index contributed by atoms with van der Waals surface area (Å²) in [4.78, 5) is 9.86. The zero-order valence-electron chi connectivity index (χ0n) is 5.54. The van der Waals surface area contributed by atoms with Gasteiger partial charge in [0.2, 0.25) is 0 Å². The van der Waals surface area contributed by atoms with Crippen LogP contribution in [0.25, 0.3) is 0 Å². The second-order valence-electron chi connectivity index (χ2n) is 1.70. The highest BCUT2D eigenvalue weighted by atomic mass is 19.3. The molecule has 0 atom stereocenters. The topological polar surface area (TPSA) is 72.4 Å². The molecule has 11 heavy (non-hydrogen) atoms. The molecule has 0 bridgehead atoms. The van der Waals surface area contributed by atoms with Crippen molar-refractivity contribution >= 4 is 0 Å². The molecule has 0 heterocycles. The Kier molecular flexibility index (Phi) is 2.87. The maximum Gasteiger partial charge on any atom is 0.435 e. The zero-order valence-corrected chi connectivity index (χ0v) is 5.54. The van der Waals surface area contributed by atoms with Crippen molar-refractivity contribution in [2.75, 3.05) is 6.54 Å². The van der Waals surface area contributed by atoms with Crippen LogP contribution in [0.1, 0.15) is 0 Å². The minimum atomic E-state index is -3.95. The molecule has 7 heteroatoms. The third kappa shape index (κ3) is 2.89. The Morgan fingerprint density at radius 3 is 2.36 bits per heavy atom. The number of alkyl halides is 2. The fourth-order valence-corrected chi connectivity index (χ4v) is 0.420. The van der Waals surface area contributed by atoms with E-state index in [0.717, 1.165) is 6.08 Å². The van der Waals surface area contributed by atoms with Crippen molar-refractivity contribution in [3.63, 3.8) is 0 Å². The fourth-order valence-electron chi connectivity index (χ4n) is 0.420. The minimum absolute atomic E-state index is 0.417. The second-order valence-corrected chi connectivity index (χ2v) is 1.70. The van der Waals surface area contributed by atoms with Crippen LogP contribution in [0.4, 0.5) is 8.78 Å². The lowest BCUT2D eigenvalue weighted by molar-refractivity contribution is -0.692. The van der Waals surface area contributed by atoms with E-state index in [1.165, 1.54) is 0 Å². The summed E-state index contributed by atoms with van der Waals surface area (Å²) < 4.78 is 24.1. The van der Waals surface area contributed by atoms with Gasteiger partial charge in [-0.1, -0.05) is 6.08 Å². The first-order valence-corrected chi connectivity index (χ1v) is 2.59. The van der Waals surface area contributed by atoms with Crippen LogP contribution in [0.2, 0.25) is 0 Å². The Balaban J connectivity index is 4.34. The van der Waals surface area contributed by atoms with Gasteiger partial charge < -0.3 is 0 Å². The fraction of sp³-hybridized carbons (Fsp3) is 0.500. The van der Waals surface area contributed by atoms with Crippen molar-refractivity contribution in [3.8, 4) is 0 Å². The van der Waals surface area contributed by atoms with Crippen molar-refractivity contribution in [1.29, 1.82) is 0 Å². The molecule has 0 aromatic heterocycles. The van der Waals surface area contributed by atoms with Gasteiger partial charge in [0.1, 0.15) is 6.54 Å². The van der Waals surface area contributed by atoms with Gasteiger partial charge in [-0.2, -0.15) is 8.78 Å². The van der Waals surface area contributed by atoms with Crippen molar-refractivity contribution in [3.05, 3.63) is 22.8 Å². The van der Waals surface area contributed by atoms with Crippen LogP contribution in [0.3, 0.4) is 0 Å². The molecule has 0 aromatic carbocycles. The predicted octanol–water partition coefficient (Wildman–Crippen LogP) is 0.175. The van der Waals surface area contributed by atoms with E-state index in [9.17, 15) is 18.9 Å². The van der Waals surface area contributed by atoms with E-state index in [2.05, 4.69) is 12.3 Å². The van der Waals surface area contributed by atoms with E-state index >= 15 is 0 Å². The van der Waals surface area contributed by atoms with E-state index in [4.69, 9.17) is 0 Å². The Bertz CT molecular complexity index is 167. The molecule has 0 unspecified atom stereocenters. The molecule has 0 amide bonds. The molecule has 0 aliphatic rings. The van der Waals surface area contributed by atoms with Crippen molar-refractivity contribution < 1.29 is 13.8 Å². The lowest BCUT2D eigenvalue weighted by atomic mass is 10.6. The highest BCUT2D eigenvalue weighted by molar-refractivity contribution is 4.70. The number of hydrazine groups is 1. The number of rotatable bonds is 4. The Hall–Kier alpha value is -1.24. The van der Waals surface area contributed by atoms with E-state index in [1.807, 2.05) is 0 Å². The van der Waals surface area contributed by atoms with Gasteiger partial charge in [-0.05, 0) is 5.01 Å². The molecule has 0 radical (unpaired) electrons. The van der Waals surface area contributed by atoms with E-state index in [-0.39, 0.29) is 0 Å². The first kappa shape index (κ1) is 9.76. The molecular weight excluding hydrogens is 160 g/mol. The van der Waals surface area contributed by atoms with Crippen molar-refractivity contribution in [1.82, 2.24) is 5.01 Å². The van der Waals surface area contributed by atoms with E-state index in [0.29, 0.717) is 0 Å². The molecule has 5 nitrogen and oxygen atoms in total. The Labute approximate surface area is 61.2 Å². The molecule has 0 saturated heterocycles. The quantitative estimate of drug-likeness (QED) is 0.213. The summed E-state index contributed by atoms with van der Waals surface area (Å²) in [6.07, 6.45) is -2.98. The van der Waals surface area contributed by atoms with Gasteiger partial charge >= 0.3 is 6.17 Å². The number of nitrogens with zero attached hydrogens (tertiary/aromatic N) is 2. The zero-order chi connectivity index (χ0) is 9.07. The van der Waals surface area contributed by atoms with Crippen LogP contribution >= 0.6 is 0 Å². The molecule has 0 aromatic rings. The predicted molar refractivity (Wildman–Crippen MR) is 33.0 cm³/mol. The van der Waals surface area contributed by atoms with Gasteiger partial charge in [0.15, 0.2) is 5.03 Å². The molecule has 0 fully saturated rings. The molecule has 0 rings (SSSR count). The minimum Gasteiger partial charge on any atom is -0.248 e. The first-order chi connectivity index (χ1) is 4.89. The smallest absolute Gasteiger partial charge is 0.248 e. The molecule has 0 aliphatic carbocycles. The first-order valence-electron chi connectivity index (χ1n) is 2.59. The summed E-state index contributed by atoms with van der Waals surface area (Å²) in [7, 11) is 0. The third-order valence-corrected chi connectivity index (χ3v) is 0.843. The summed E-state index contributed by atoms with van der Waals surface area (Å²) in [5.41, 5.74) is 4.17. The molecule has 0 saturated carbocycles. The summed E-state index contributed by atoms with van der Waals surface area (Å²) in [6, 6.07) is 0. The average molecular weight is 167 g/mol. The number of hydrogen-bond donors (Lipinski definition) is 1. The third-order valence-electron chi connectivity index (χ3n) is 0.843. The second kappa shape index (κ2) is 3.24. The molecular formula is C4H7F2N3O2. The summed E-state index contributed by atoms with van der Waals surface area (Å²) >= 11 is 0. The van der Waals surface area contributed by atoms with Gasteiger partial charge in [-0.3, -0.25) is 0 Å². The normalized spacial score (nSPS) is 10.8. The average Bonchev–Trinajstić information content (AvgIpc) is 1.79. The van der Waals surface area contributed by atoms with Crippen LogP contribution in [-0.2, 0) is 0 Å². The SMILES string of the molecule is C=CCN([N+](=O)[O-])C(N)(F)F. The Morgan fingerprint density at radius 1 is 1.82 bits per heavy atom. The van der Waals surface area contributed by atoms with Crippen LogP contribution in [0, 0.1) is 10.1 Å². The standard InChI is InChI=1S/C4H7F2N3O2/c1-2-3-8(9(10)11)4(5,6)7/h2H,1,3,7H2. The van der Waals surface area contributed by atoms with Gasteiger partial charge in [-0.15, -0.1) is 6.58 Å². The lowest BCUT2D eigenvalue weighted by Crippen LogP contribution is -2.51. The Morgan fingerprint density at radius 2 is 2.27 bits per heavy atom. The lowest BCUT2D eigenvalue weighted by Gasteiger charge is -2.17. The maximum absolute atomic E-state index is 12.0. The molecule has 0 aliphatic heterocycles. The van der Waals surface area contributed by atoms with Crippen molar-refractivity contribution in [2.24, 2.45) is 5.73 Å². The van der Waals surface area contributed by atoms with Crippen LogP contribution in [-0.4, -0.2) is 22.8 Å². The number of hydrogen-bond acceptors (Lipinski definition) is 3. The molecule has 64 valence electrons. The van der Waals surface area contributed by atoms with Gasteiger partial charge in [0.25, 0.3) is 0 Å². The number of halogens is 2. The van der Waals surface area contributed by atoms with Crippen LogP contribution < -0.4 is 5.73 Å². The number of nitro groups is 1. The van der Waals surface area contributed by atoms with Crippen LogP contribution in [0.5, 0.6) is 0 Å². The van der Waals surface area contributed by atoms with E-state index < -0.39 is 22.8 Å². The number of nitrogens with two attached hydrogens (primary N) is 1. The summed E-state index contributed by atoms with van der Waals surface area (Å²) in [5, 5.41) is 8.17. The van der Waals surface area contributed by atoms with Gasteiger partial charge in [0, 0.05) is 0 Å². The highest BCUT2D eigenvalue weighted by Gasteiger charge is 2.39. The van der Waals surface area contributed by atoms with E-state index in [1.54, 1.807) is 0 Å². The largest absolute Gasteiger partial charge is 0.435 e. The summed E-state index contributed by atoms with van der Waals surface area (Å²) in [6.45, 7) is 2.46.